The van der Waals surface area contributed by atoms with Crippen LogP contribution in [0, 0.1) is 0 Å². The van der Waals surface area contributed by atoms with Crippen molar-refractivity contribution >= 4 is 12.2 Å². The monoisotopic (exact) mass is 202 g/mol. The van der Waals surface area contributed by atoms with Crippen molar-refractivity contribution < 1.29 is 4.42 Å². The quantitative estimate of drug-likeness (QED) is 0.693. The van der Waals surface area contributed by atoms with Gasteiger partial charge in [0.15, 0.2) is 0 Å². The molecule has 0 bridgehead atoms. The molecule has 1 atom stereocenters. The smallest absolute Gasteiger partial charge is 0.130 e. The summed E-state index contributed by atoms with van der Waals surface area (Å²) in [6.45, 7) is 6.44. The zero-order valence-corrected chi connectivity index (χ0v) is 9.71. The van der Waals surface area contributed by atoms with E-state index in [0.29, 0.717) is 5.92 Å². The van der Waals surface area contributed by atoms with Crippen molar-refractivity contribution in [2.24, 2.45) is 0 Å². The van der Waals surface area contributed by atoms with Crippen molar-refractivity contribution in [1.82, 2.24) is 0 Å². The maximum absolute atomic E-state index is 5.94. The minimum Gasteiger partial charge on any atom is -0.461 e. The summed E-state index contributed by atoms with van der Waals surface area (Å²) in [5, 5.41) is 0. The Morgan fingerprint density at radius 1 is 1.53 bits per heavy atom. The highest BCUT2D eigenvalue weighted by Crippen LogP contribution is 2.36. The van der Waals surface area contributed by atoms with Gasteiger partial charge in [0, 0.05) is 17.0 Å². The van der Waals surface area contributed by atoms with Crippen molar-refractivity contribution in [2.75, 3.05) is 0 Å². The van der Waals surface area contributed by atoms with Crippen molar-refractivity contribution in [1.29, 1.82) is 0 Å². The van der Waals surface area contributed by atoms with Gasteiger partial charge in [-0.3, -0.25) is 0 Å². The molecule has 1 heteroatoms. The first-order chi connectivity index (χ1) is 7.27. The molecule has 80 valence electrons. The number of fused-ring (bicyclic) bond motifs is 1. The Morgan fingerprint density at radius 2 is 2.33 bits per heavy atom. The molecular weight excluding hydrogens is 184 g/mol. The highest BCUT2D eigenvalue weighted by molar-refractivity contribution is 5.65. The molecule has 2 rings (SSSR count). The molecule has 1 aliphatic rings. The van der Waals surface area contributed by atoms with Gasteiger partial charge in [0.05, 0.1) is 0 Å². The number of hydrogen-bond acceptors (Lipinski definition) is 1. The summed E-state index contributed by atoms with van der Waals surface area (Å²) >= 11 is 0. The Hall–Kier alpha value is -1.24. The number of allylic oxidation sites excluding steroid dienone is 2. The van der Waals surface area contributed by atoms with Gasteiger partial charge in [-0.1, -0.05) is 32.1 Å². The highest BCUT2D eigenvalue weighted by atomic mass is 16.3. The lowest BCUT2D eigenvalue weighted by molar-refractivity contribution is 0.465. The molecule has 1 aromatic heterocycles. The van der Waals surface area contributed by atoms with E-state index in [-0.39, 0.29) is 0 Å². The van der Waals surface area contributed by atoms with E-state index in [9.17, 15) is 0 Å². The third kappa shape index (κ3) is 1.67. The summed E-state index contributed by atoms with van der Waals surface area (Å²) in [4.78, 5) is 0. The fourth-order valence-electron chi connectivity index (χ4n) is 2.21. The van der Waals surface area contributed by atoms with Crippen molar-refractivity contribution in [3.8, 4) is 0 Å². The molecule has 0 aliphatic heterocycles. The predicted molar refractivity (Wildman–Crippen MR) is 64.9 cm³/mol. The molecular formula is C14H18O. The van der Waals surface area contributed by atoms with Crippen LogP contribution in [0.3, 0.4) is 0 Å². The lowest BCUT2D eigenvalue weighted by Crippen LogP contribution is -1.97. The Morgan fingerprint density at radius 3 is 3.00 bits per heavy atom. The zero-order valence-electron chi connectivity index (χ0n) is 9.71. The van der Waals surface area contributed by atoms with Gasteiger partial charge in [0.25, 0.3) is 0 Å². The fourth-order valence-corrected chi connectivity index (χ4v) is 2.21. The topological polar surface area (TPSA) is 13.1 Å². The third-order valence-electron chi connectivity index (χ3n) is 3.00. The third-order valence-corrected chi connectivity index (χ3v) is 3.00. The van der Waals surface area contributed by atoms with Gasteiger partial charge in [0.1, 0.15) is 11.5 Å². The second kappa shape index (κ2) is 4.09. The molecule has 1 heterocycles. The number of hydrogen-bond donors (Lipinski definition) is 0. The van der Waals surface area contributed by atoms with Crippen LogP contribution in [-0.2, 0) is 6.42 Å². The first-order valence-corrected chi connectivity index (χ1v) is 5.72. The zero-order chi connectivity index (χ0) is 10.8. The molecule has 0 fully saturated rings. The average molecular weight is 202 g/mol. The highest BCUT2D eigenvalue weighted by Gasteiger charge is 2.21. The van der Waals surface area contributed by atoms with Crippen LogP contribution < -0.4 is 0 Å². The first-order valence-electron chi connectivity index (χ1n) is 5.72. The second-order valence-electron chi connectivity index (χ2n) is 4.12. The van der Waals surface area contributed by atoms with E-state index < -0.39 is 0 Å². The van der Waals surface area contributed by atoms with Gasteiger partial charge in [-0.15, -0.1) is 0 Å². The minimum atomic E-state index is 0.523. The standard InChI is InChI=1S/C14H18O/c1-4-7-13-11(5-2)12-9-6-8-10(3)14(12)15-13/h4,6-7,9-10H,5,8H2,1-3H3. The number of rotatable bonds is 2. The van der Waals surface area contributed by atoms with Crippen LogP contribution in [-0.4, -0.2) is 0 Å². The van der Waals surface area contributed by atoms with E-state index in [1.165, 1.54) is 16.9 Å². The molecule has 0 spiro atoms. The second-order valence-corrected chi connectivity index (χ2v) is 4.12. The van der Waals surface area contributed by atoms with Crippen LogP contribution in [0.1, 0.15) is 55.8 Å². The summed E-state index contributed by atoms with van der Waals surface area (Å²) in [6, 6.07) is 0. The molecule has 1 aromatic rings. The van der Waals surface area contributed by atoms with Crippen molar-refractivity contribution in [3.63, 3.8) is 0 Å². The molecule has 0 radical (unpaired) electrons. The Bertz CT molecular complexity index is 407. The summed E-state index contributed by atoms with van der Waals surface area (Å²) < 4.78 is 5.94. The van der Waals surface area contributed by atoms with Crippen molar-refractivity contribution in [2.45, 2.75) is 39.5 Å². The van der Waals surface area contributed by atoms with Gasteiger partial charge < -0.3 is 4.42 Å². The Labute approximate surface area is 91.5 Å². The van der Waals surface area contributed by atoms with Gasteiger partial charge in [-0.25, -0.2) is 0 Å². The van der Waals surface area contributed by atoms with E-state index in [1.54, 1.807) is 0 Å². The minimum absolute atomic E-state index is 0.523. The molecule has 15 heavy (non-hydrogen) atoms. The first kappa shape index (κ1) is 10.3. The maximum atomic E-state index is 5.94. The van der Waals surface area contributed by atoms with Crippen LogP contribution in [0.25, 0.3) is 12.2 Å². The summed E-state index contributed by atoms with van der Waals surface area (Å²) in [5.41, 5.74) is 2.68. The Balaban J connectivity index is 2.56. The predicted octanol–water partition coefficient (Wildman–Crippen LogP) is 4.40. The lowest BCUT2D eigenvalue weighted by Gasteiger charge is -2.11. The van der Waals surface area contributed by atoms with E-state index in [0.717, 1.165) is 18.6 Å². The van der Waals surface area contributed by atoms with Gasteiger partial charge in [-0.2, -0.15) is 0 Å². The molecule has 1 unspecified atom stereocenters. The molecule has 1 aliphatic carbocycles. The Kier molecular flexibility index (Phi) is 2.81. The van der Waals surface area contributed by atoms with Crippen LogP contribution in [0.2, 0.25) is 0 Å². The van der Waals surface area contributed by atoms with Gasteiger partial charge in [0.2, 0.25) is 0 Å². The summed E-state index contributed by atoms with van der Waals surface area (Å²) in [7, 11) is 0. The van der Waals surface area contributed by atoms with Gasteiger partial charge in [-0.05, 0) is 25.8 Å². The lowest BCUT2D eigenvalue weighted by atomic mass is 9.92. The molecule has 0 aromatic carbocycles. The summed E-state index contributed by atoms with van der Waals surface area (Å²) in [6.07, 6.45) is 10.7. The van der Waals surface area contributed by atoms with E-state index in [1.807, 2.05) is 13.0 Å². The molecule has 0 saturated heterocycles. The molecule has 0 amide bonds. The largest absolute Gasteiger partial charge is 0.461 e. The summed E-state index contributed by atoms with van der Waals surface area (Å²) in [5.74, 6) is 2.74. The normalized spacial score (nSPS) is 19.8. The fraction of sp³-hybridized carbons (Fsp3) is 0.429. The number of furan rings is 1. The van der Waals surface area contributed by atoms with Crippen LogP contribution in [0.5, 0.6) is 0 Å². The van der Waals surface area contributed by atoms with Crippen LogP contribution in [0.15, 0.2) is 16.6 Å². The molecule has 0 saturated carbocycles. The van der Waals surface area contributed by atoms with Crippen molar-refractivity contribution in [3.05, 3.63) is 34.8 Å². The van der Waals surface area contributed by atoms with Crippen LogP contribution >= 0.6 is 0 Å². The molecule has 0 N–H and O–H groups in total. The van der Waals surface area contributed by atoms with Crippen LogP contribution in [0.4, 0.5) is 0 Å². The van der Waals surface area contributed by atoms with E-state index in [4.69, 9.17) is 4.42 Å². The SMILES string of the molecule is CC=Cc1oc2c(c1CC)C=CCC2C. The average Bonchev–Trinajstić information content (AvgIpc) is 2.58. The van der Waals surface area contributed by atoms with E-state index >= 15 is 0 Å². The van der Waals surface area contributed by atoms with Gasteiger partial charge >= 0.3 is 0 Å². The van der Waals surface area contributed by atoms with E-state index in [2.05, 4.69) is 32.1 Å². The molecule has 1 nitrogen and oxygen atoms in total. The maximum Gasteiger partial charge on any atom is 0.130 e.